The topological polar surface area (TPSA) is 55.8 Å². The molecule has 35 heavy (non-hydrogen) atoms. The molecule has 180 valence electrons. The lowest BCUT2D eigenvalue weighted by Gasteiger charge is -2.14. The van der Waals surface area contributed by atoms with Gasteiger partial charge < -0.3 is 9.47 Å². The largest absolute Gasteiger partial charge is 0.490 e. The van der Waals surface area contributed by atoms with Gasteiger partial charge in [-0.3, -0.25) is 14.5 Å². The summed E-state index contributed by atoms with van der Waals surface area (Å²) < 4.78 is 12.5. The smallest absolute Gasteiger partial charge is 0.293 e. The molecule has 3 aromatic rings. The first-order valence-electron chi connectivity index (χ1n) is 10.7. The van der Waals surface area contributed by atoms with Crippen molar-refractivity contribution in [2.45, 2.75) is 20.1 Å². The second kappa shape index (κ2) is 11.5. The Kier molecular flexibility index (Phi) is 8.44. The van der Waals surface area contributed by atoms with Crippen molar-refractivity contribution in [1.29, 1.82) is 0 Å². The molecule has 0 bridgehead atoms. The maximum Gasteiger partial charge on any atom is 0.293 e. The SMILES string of the molecule is CCOc1cc(/C=C2\SC(=O)N(Cc3ccccc3Br)C2=O)ccc1OCc1ccc(Cl)c(Cl)c1. The van der Waals surface area contributed by atoms with Crippen LogP contribution in [0.4, 0.5) is 4.79 Å². The van der Waals surface area contributed by atoms with Crippen molar-refractivity contribution in [2.24, 2.45) is 0 Å². The first-order chi connectivity index (χ1) is 16.9. The molecule has 0 atom stereocenters. The van der Waals surface area contributed by atoms with Crippen LogP contribution in [0.3, 0.4) is 0 Å². The summed E-state index contributed by atoms with van der Waals surface area (Å²) in [5, 5.41) is 0.640. The van der Waals surface area contributed by atoms with Crippen LogP contribution in [0.5, 0.6) is 11.5 Å². The van der Waals surface area contributed by atoms with Crippen molar-refractivity contribution < 1.29 is 19.1 Å². The van der Waals surface area contributed by atoms with Crippen molar-refractivity contribution in [1.82, 2.24) is 4.90 Å². The highest BCUT2D eigenvalue weighted by Gasteiger charge is 2.35. The predicted octanol–water partition coefficient (Wildman–Crippen LogP) is 7.97. The Bertz CT molecular complexity index is 1310. The molecule has 2 amide bonds. The molecule has 0 unspecified atom stereocenters. The average molecular weight is 593 g/mol. The van der Waals surface area contributed by atoms with Crippen LogP contribution in [0, 0.1) is 0 Å². The fourth-order valence-corrected chi connectivity index (χ4v) is 4.95. The molecule has 9 heteroatoms. The van der Waals surface area contributed by atoms with E-state index in [-0.39, 0.29) is 24.3 Å². The number of imide groups is 1. The number of halogens is 3. The number of amides is 2. The maximum absolute atomic E-state index is 12.9. The van der Waals surface area contributed by atoms with Gasteiger partial charge in [0.2, 0.25) is 0 Å². The fraction of sp³-hybridized carbons (Fsp3) is 0.154. The predicted molar refractivity (Wildman–Crippen MR) is 144 cm³/mol. The van der Waals surface area contributed by atoms with Crippen LogP contribution in [-0.4, -0.2) is 22.7 Å². The third kappa shape index (κ3) is 6.22. The zero-order chi connectivity index (χ0) is 24.9. The molecule has 1 fully saturated rings. The number of hydrogen-bond acceptors (Lipinski definition) is 5. The minimum Gasteiger partial charge on any atom is -0.490 e. The summed E-state index contributed by atoms with van der Waals surface area (Å²) in [5.41, 5.74) is 2.45. The van der Waals surface area contributed by atoms with Crippen LogP contribution in [0.25, 0.3) is 6.08 Å². The number of nitrogens with zero attached hydrogens (tertiary/aromatic N) is 1. The van der Waals surface area contributed by atoms with E-state index in [9.17, 15) is 9.59 Å². The molecule has 0 radical (unpaired) electrons. The zero-order valence-corrected chi connectivity index (χ0v) is 22.5. The van der Waals surface area contributed by atoms with E-state index < -0.39 is 0 Å². The van der Waals surface area contributed by atoms with Crippen molar-refractivity contribution in [3.63, 3.8) is 0 Å². The summed E-state index contributed by atoms with van der Waals surface area (Å²) in [6.07, 6.45) is 1.69. The number of thioether (sulfide) groups is 1. The van der Waals surface area contributed by atoms with Gasteiger partial charge in [0.15, 0.2) is 11.5 Å². The van der Waals surface area contributed by atoms with E-state index in [0.29, 0.717) is 33.1 Å². The second-order valence-electron chi connectivity index (χ2n) is 7.54. The Morgan fingerprint density at radius 3 is 2.51 bits per heavy atom. The standard InChI is InChI=1S/C26H20BrCl2NO4S/c1-2-33-23-12-16(8-10-22(23)34-15-17-7-9-20(28)21(29)11-17)13-24-25(31)30(26(32)35-24)14-18-5-3-4-6-19(18)27/h3-13H,2,14-15H2,1H3/b24-13-. The van der Waals surface area contributed by atoms with E-state index in [1.165, 1.54) is 4.90 Å². The molecular formula is C26H20BrCl2NO4S. The van der Waals surface area contributed by atoms with Crippen LogP contribution in [-0.2, 0) is 17.9 Å². The van der Waals surface area contributed by atoms with Gasteiger partial charge in [-0.05, 0) is 71.8 Å². The van der Waals surface area contributed by atoms with Crippen LogP contribution in [0.15, 0.2) is 70.0 Å². The normalized spacial score (nSPS) is 14.6. The maximum atomic E-state index is 12.9. The molecule has 0 aliphatic carbocycles. The van der Waals surface area contributed by atoms with Crippen molar-refractivity contribution in [2.75, 3.05) is 6.61 Å². The van der Waals surface area contributed by atoms with Crippen LogP contribution < -0.4 is 9.47 Å². The molecule has 1 heterocycles. The summed E-state index contributed by atoms with van der Waals surface area (Å²) in [7, 11) is 0. The van der Waals surface area contributed by atoms with Gasteiger partial charge in [0.05, 0.1) is 28.1 Å². The zero-order valence-electron chi connectivity index (χ0n) is 18.6. The quantitative estimate of drug-likeness (QED) is 0.248. The molecule has 4 rings (SSSR count). The summed E-state index contributed by atoms with van der Waals surface area (Å²) >= 11 is 16.5. The van der Waals surface area contributed by atoms with Crippen LogP contribution in [0.1, 0.15) is 23.6 Å². The minimum absolute atomic E-state index is 0.203. The molecular weight excluding hydrogens is 573 g/mol. The van der Waals surface area contributed by atoms with Crippen molar-refractivity contribution >= 4 is 68.1 Å². The van der Waals surface area contributed by atoms with Gasteiger partial charge in [-0.1, -0.05) is 69.5 Å². The van der Waals surface area contributed by atoms with Gasteiger partial charge >= 0.3 is 0 Å². The summed E-state index contributed by atoms with van der Waals surface area (Å²) in [5.74, 6) is 0.763. The number of benzene rings is 3. The molecule has 1 saturated heterocycles. The minimum atomic E-state index is -0.325. The number of ether oxygens (including phenoxy) is 2. The van der Waals surface area contributed by atoms with Crippen molar-refractivity contribution in [3.8, 4) is 11.5 Å². The number of hydrogen-bond donors (Lipinski definition) is 0. The number of carbonyl (C=O) groups is 2. The van der Waals surface area contributed by atoms with Gasteiger partial charge in [-0.25, -0.2) is 0 Å². The monoisotopic (exact) mass is 591 g/mol. The van der Waals surface area contributed by atoms with Crippen LogP contribution in [0.2, 0.25) is 10.0 Å². The molecule has 0 saturated carbocycles. The van der Waals surface area contributed by atoms with E-state index in [2.05, 4.69) is 15.9 Å². The van der Waals surface area contributed by atoms with E-state index in [1.54, 1.807) is 30.3 Å². The Morgan fingerprint density at radius 2 is 1.77 bits per heavy atom. The lowest BCUT2D eigenvalue weighted by atomic mass is 10.1. The molecule has 1 aliphatic rings. The van der Waals surface area contributed by atoms with E-state index in [4.69, 9.17) is 32.7 Å². The Balaban J connectivity index is 1.51. The molecule has 5 nitrogen and oxygen atoms in total. The average Bonchev–Trinajstić information content (AvgIpc) is 3.09. The number of rotatable bonds is 8. The highest BCUT2D eigenvalue weighted by molar-refractivity contribution is 9.10. The van der Waals surface area contributed by atoms with E-state index in [1.807, 2.05) is 43.3 Å². The first kappa shape index (κ1) is 25.6. The summed E-state index contributed by atoms with van der Waals surface area (Å²) in [4.78, 5) is 27.1. The molecule has 1 aliphatic heterocycles. The molecule has 3 aromatic carbocycles. The fourth-order valence-electron chi connectivity index (χ4n) is 3.38. The summed E-state index contributed by atoms with van der Waals surface area (Å²) in [6.45, 7) is 2.80. The highest BCUT2D eigenvalue weighted by atomic mass is 79.9. The van der Waals surface area contributed by atoms with Gasteiger partial charge in [0.1, 0.15) is 6.61 Å². The second-order valence-corrected chi connectivity index (χ2v) is 10.2. The van der Waals surface area contributed by atoms with Crippen molar-refractivity contribution in [3.05, 3.63) is 96.8 Å². The lowest BCUT2D eigenvalue weighted by molar-refractivity contribution is -0.123. The summed E-state index contributed by atoms with van der Waals surface area (Å²) in [6, 6.07) is 18.2. The third-order valence-corrected chi connectivity index (χ3v) is 7.52. The Labute approximate surface area is 226 Å². The van der Waals surface area contributed by atoms with Gasteiger partial charge in [0.25, 0.3) is 11.1 Å². The van der Waals surface area contributed by atoms with Gasteiger partial charge in [-0.15, -0.1) is 0 Å². The van der Waals surface area contributed by atoms with Gasteiger partial charge in [-0.2, -0.15) is 0 Å². The number of carbonyl (C=O) groups excluding carboxylic acids is 2. The Hall–Kier alpha value is -2.45. The first-order valence-corrected chi connectivity index (χ1v) is 13.0. The van der Waals surface area contributed by atoms with Crippen LogP contribution >= 0.6 is 50.9 Å². The Morgan fingerprint density at radius 1 is 0.971 bits per heavy atom. The van der Waals surface area contributed by atoms with E-state index in [0.717, 1.165) is 32.9 Å². The molecule has 0 spiro atoms. The third-order valence-electron chi connectivity index (χ3n) is 5.10. The molecule has 0 N–H and O–H groups in total. The molecule has 0 aromatic heterocycles. The highest BCUT2D eigenvalue weighted by Crippen LogP contribution is 2.36. The lowest BCUT2D eigenvalue weighted by Crippen LogP contribution is -2.27. The van der Waals surface area contributed by atoms with Gasteiger partial charge in [0, 0.05) is 4.47 Å². The van der Waals surface area contributed by atoms with E-state index >= 15 is 0 Å².